The second kappa shape index (κ2) is 7.32. The fourth-order valence-corrected chi connectivity index (χ4v) is 6.37. The Hall–Kier alpha value is -1.96. The number of nitrogens with zero attached hydrogens (tertiary/aromatic N) is 1. The molecule has 3 N–H and O–H groups in total. The molecule has 2 saturated heterocycles. The van der Waals surface area contributed by atoms with Gasteiger partial charge >= 0.3 is 0 Å². The summed E-state index contributed by atoms with van der Waals surface area (Å²) in [5.74, 6) is -4.37. The minimum atomic E-state index is -1.69. The average Bonchev–Trinajstić information content (AvgIpc) is 3.22. The summed E-state index contributed by atoms with van der Waals surface area (Å²) in [7, 11) is 0. The summed E-state index contributed by atoms with van der Waals surface area (Å²) in [6.07, 6.45) is 4.80. The Morgan fingerprint density at radius 1 is 1.07 bits per heavy atom. The molecular formula is C23H29NO6. The number of fused-ring (bicyclic) bond motifs is 3. The van der Waals surface area contributed by atoms with Gasteiger partial charge in [0, 0.05) is 23.4 Å². The van der Waals surface area contributed by atoms with E-state index < -0.39 is 35.6 Å². The molecule has 7 heteroatoms. The zero-order valence-electron chi connectivity index (χ0n) is 16.9. The van der Waals surface area contributed by atoms with Crippen molar-refractivity contribution in [2.24, 2.45) is 23.7 Å². The van der Waals surface area contributed by atoms with Crippen LogP contribution in [0.5, 0.6) is 5.75 Å². The Balaban J connectivity index is 1.49. The van der Waals surface area contributed by atoms with Crippen LogP contribution >= 0.6 is 0 Å². The van der Waals surface area contributed by atoms with E-state index in [1.165, 1.54) is 4.90 Å². The number of hydrogen-bond acceptors (Lipinski definition) is 6. The van der Waals surface area contributed by atoms with E-state index in [1.807, 2.05) is 0 Å². The Labute approximate surface area is 175 Å². The number of carbonyl (C=O) groups is 2. The molecule has 30 heavy (non-hydrogen) atoms. The van der Waals surface area contributed by atoms with Gasteiger partial charge in [0.15, 0.2) is 5.79 Å². The molecule has 0 spiro atoms. The Bertz CT molecular complexity index is 852. The third kappa shape index (κ3) is 2.82. The first-order chi connectivity index (χ1) is 14.5. The minimum absolute atomic E-state index is 0.0543. The van der Waals surface area contributed by atoms with Crippen LogP contribution in [-0.4, -0.2) is 50.5 Å². The highest BCUT2D eigenvalue weighted by molar-refractivity contribution is 6.05. The highest BCUT2D eigenvalue weighted by Gasteiger charge is 2.67. The number of imide groups is 1. The van der Waals surface area contributed by atoms with Gasteiger partial charge in [-0.3, -0.25) is 14.5 Å². The van der Waals surface area contributed by atoms with Crippen LogP contribution in [0.1, 0.15) is 56.6 Å². The minimum Gasteiger partial charge on any atom is -0.508 e. The molecule has 2 aliphatic heterocycles. The number of phenolic OH excluding ortho intramolecular Hbond substituents is 1. The quantitative estimate of drug-likeness (QED) is 0.653. The number of likely N-dealkylation sites (tertiary alicyclic amines) is 1. The molecule has 5 rings (SSSR count). The fourth-order valence-electron chi connectivity index (χ4n) is 6.37. The van der Waals surface area contributed by atoms with Crippen molar-refractivity contribution in [3.63, 3.8) is 0 Å². The molecule has 2 aliphatic carbocycles. The monoisotopic (exact) mass is 415 g/mol. The molecule has 162 valence electrons. The van der Waals surface area contributed by atoms with Crippen LogP contribution in [-0.2, 0) is 14.3 Å². The van der Waals surface area contributed by atoms with E-state index >= 15 is 0 Å². The first kappa shape index (κ1) is 20.0. The highest BCUT2D eigenvalue weighted by Crippen LogP contribution is 2.59. The Morgan fingerprint density at radius 3 is 2.50 bits per heavy atom. The van der Waals surface area contributed by atoms with E-state index in [2.05, 4.69) is 0 Å². The van der Waals surface area contributed by atoms with Crippen molar-refractivity contribution in [1.29, 1.82) is 0 Å². The summed E-state index contributed by atoms with van der Waals surface area (Å²) < 4.78 is 6.05. The average molecular weight is 415 g/mol. The molecule has 7 nitrogen and oxygen atoms in total. The third-order valence-corrected chi connectivity index (χ3v) is 7.84. The number of aliphatic hydroxyl groups excluding tert-OH is 1. The topological polar surface area (TPSA) is 107 Å². The number of phenols is 1. The van der Waals surface area contributed by atoms with Gasteiger partial charge in [0.2, 0.25) is 11.8 Å². The van der Waals surface area contributed by atoms with Gasteiger partial charge in [-0.1, -0.05) is 37.5 Å². The van der Waals surface area contributed by atoms with Crippen molar-refractivity contribution in [3.8, 4) is 5.75 Å². The molecular weight excluding hydrogens is 386 g/mol. The summed E-state index contributed by atoms with van der Waals surface area (Å²) in [6.45, 7) is -0.325. The van der Waals surface area contributed by atoms with Crippen LogP contribution < -0.4 is 0 Å². The van der Waals surface area contributed by atoms with Crippen molar-refractivity contribution < 1.29 is 29.6 Å². The second-order valence-corrected chi connectivity index (χ2v) is 9.35. The lowest BCUT2D eigenvalue weighted by Crippen LogP contribution is -2.54. The van der Waals surface area contributed by atoms with E-state index in [4.69, 9.17) is 4.74 Å². The lowest BCUT2D eigenvalue weighted by molar-refractivity contribution is -0.274. The normalized spacial score (nSPS) is 39.3. The number of para-hydroxylation sites is 1. The number of ether oxygens (including phenoxy) is 1. The van der Waals surface area contributed by atoms with Crippen LogP contribution in [0.4, 0.5) is 0 Å². The zero-order valence-corrected chi connectivity index (χ0v) is 16.9. The summed E-state index contributed by atoms with van der Waals surface area (Å²) in [6, 6.07) is 6.74. The molecule has 1 aromatic rings. The molecule has 0 bridgehead atoms. The summed E-state index contributed by atoms with van der Waals surface area (Å²) in [4.78, 5) is 28.2. The van der Waals surface area contributed by atoms with E-state index in [0.717, 1.165) is 32.1 Å². The van der Waals surface area contributed by atoms with Gasteiger partial charge in [-0.2, -0.15) is 0 Å². The maximum atomic E-state index is 13.5. The predicted molar refractivity (Wildman–Crippen MR) is 106 cm³/mol. The smallest absolute Gasteiger partial charge is 0.233 e. The first-order valence-electron chi connectivity index (χ1n) is 11.1. The van der Waals surface area contributed by atoms with Crippen LogP contribution in [0.2, 0.25) is 0 Å². The maximum Gasteiger partial charge on any atom is 0.233 e. The van der Waals surface area contributed by atoms with Gasteiger partial charge in [0.1, 0.15) is 5.75 Å². The Kier molecular flexibility index (Phi) is 4.87. The zero-order chi connectivity index (χ0) is 21.0. The van der Waals surface area contributed by atoms with Crippen molar-refractivity contribution in [2.45, 2.75) is 62.9 Å². The SMILES string of the molecule is O=C1[C@H]2[C@H](C[C@H](CO)[C@@]3(O)O[C@H](c4ccccc4O)C[C@@H]23)C(=O)N1C1CCCCC1. The van der Waals surface area contributed by atoms with Gasteiger partial charge in [-0.15, -0.1) is 0 Å². The summed E-state index contributed by atoms with van der Waals surface area (Å²) >= 11 is 0. The number of carbonyl (C=O) groups excluding carboxylic acids is 2. The maximum absolute atomic E-state index is 13.5. The van der Waals surface area contributed by atoms with Gasteiger partial charge in [-0.05, 0) is 31.7 Å². The van der Waals surface area contributed by atoms with Gasteiger partial charge in [0.25, 0.3) is 0 Å². The van der Waals surface area contributed by atoms with Crippen molar-refractivity contribution >= 4 is 11.8 Å². The van der Waals surface area contributed by atoms with Gasteiger partial charge < -0.3 is 20.1 Å². The molecule has 4 fully saturated rings. The van der Waals surface area contributed by atoms with Crippen molar-refractivity contribution in [1.82, 2.24) is 4.90 Å². The standard InChI is InChI=1S/C23H29NO6/c25-12-13-10-16-20(22(28)24(21(16)27)14-6-2-1-3-7-14)17-11-19(30-23(13,17)29)15-8-4-5-9-18(15)26/h4-5,8-9,13-14,16-17,19-20,25-26,29H,1-3,6-7,10-12H2/t13-,16+,17+,19+,20+,23-/m1/s1. The van der Waals surface area contributed by atoms with Crippen LogP contribution in [0.3, 0.4) is 0 Å². The lowest BCUT2D eigenvalue weighted by Gasteiger charge is -2.44. The third-order valence-electron chi connectivity index (χ3n) is 7.84. The number of amides is 2. The molecule has 6 atom stereocenters. The van der Waals surface area contributed by atoms with Gasteiger partial charge in [0.05, 0.1) is 24.5 Å². The number of aromatic hydroxyl groups is 1. The number of benzene rings is 1. The number of aliphatic hydroxyl groups is 2. The van der Waals surface area contributed by atoms with E-state index in [-0.39, 0.29) is 36.6 Å². The lowest BCUT2D eigenvalue weighted by atomic mass is 9.64. The molecule has 2 amide bonds. The summed E-state index contributed by atoms with van der Waals surface area (Å²) in [5.41, 5.74) is 0.550. The molecule has 1 aromatic carbocycles. The second-order valence-electron chi connectivity index (χ2n) is 9.35. The predicted octanol–water partition coefficient (Wildman–Crippen LogP) is 2.10. The molecule has 2 heterocycles. The Morgan fingerprint density at radius 2 is 1.80 bits per heavy atom. The molecule has 0 aromatic heterocycles. The van der Waals surface area contributed by atoms with E-state index in [9.17, 15) is 24.9 Å². The van der Waals surface area contributed by atoms with Crippen LogP contribution in [0, 0.1) is 23.7 Å². The largest absolute Gasteiger partial charge is 0.508 e. The van der Waals surface area contributed by atoms with Crippen LogP contribution in [0.15, 0.2) is 24.3 Å². The van der Waals surface area contributed by atoms with E-state index in [0.29, 0.717) is 12.0 Å². The molecule has 0 unspecified atom stereocenters. The molecule has 0 radical (unpaired) electrons. The summed E-state index contributed by atoms with van der Waals surface area (Å²) in [5, 5.41) is 31.8. The van der Waals surface area contributed by atoms with Crippen molar-refractivity contribution in [3.05, 3.63) is 29.8 Å². The molecule has 4 aliphatic rings. The molecule has 2 saturated carbocycles. The van der Waals surface area contributed by atoms with Gasteiger partial charge in [-0.25, -0.2) is 0 Å². The fraction of sp³-hybridized carbons (Fsp3) is 0.652. The highest BCUT2D eigenvalue weighted by atomic mass is 16.6. The first-order valence-corrected chi connectivity index (χ1v) is 11.1. The van der Waals surface area contributed by atoms with Crippen molar-refractivity contribution in [2.75, 3.05) is 6.61 Å². The van der Waals surface area contributed by atoms with E-state index in [1.54, 1.807) is 24.3 Å². The van der Waals surface area contributed by atoms with Crippen LogP contribution in [0.25, 0.3) is 0 Å². The number of rotatable bonds is 3. The number of hydrogen-bond donors (Lipinski definition) is 3.